The number of nitrogens with zero attached hydrogens (tertiary/aromatic N) is 3. The molecule has 11 heteroatoms. The van der Waals surface area contributed by atoms with Crippen LogP contribution in [0.1, 0.15) is 96.3 Å². The summed E-state index contributed by atoms with van der Waals surface area (Å²) in [6.45, 7) is 6.03. The maximum Gasteiger partial charge on any atom is 0.324 e. The molecule has 0 aliphatic heterocycles. The van der Waals surface area contributed by atoms with E-state index < -0.39 is 6.03 Å². The van der Waals surface area contributed by atoms with Crippen LogP contribution in [0.3, 0.4) is 0 Å². The van der Waals surface area contributed by atoms with Gasteiger partial charge in [-0.25, -0.2) is 9.78 Å². The van der Waals surface area contributed by atoms with Crippen molar-refractivity contribution < 1.29 is 14.1 Å². The number of hydrogen-bond acceptors (Lipinski definition) is 7. The smallest absolute Gasteiger partial charge is 0.324 e. The van der Waals surface area contributed by atoms with Crippen molar-refractivity contribution in [3.8, 4) is 11.3 Å². The Labute approximate surface area is 263 Å². The molecule has 4 aromatic rings. The van der Waals surface area contributed by atoms with Crippen LogP contribution in [0.2, 0.25) is 0 Å². The highest BCUT2D eigenvalue weighted by Gasteiger charge is 2.21. The van der Waals surface area contributed by atoms with E-state index in [1.165, 1.54) is 19.3 Å². The van der Waals surface area contributed by atoms with E-state index >= 15 is 0 Å². The standard InChI is InChI=1S/C34H44N8O3/c1-34(2,3)26-20-27(42-45-26)39-33(44)38-25-18-16-22(17-19-25)30-29-31(41-40-30)23(21-36-32(29)35)12-8-5-4-6-11-15-28(43)37-24-13-9-7-10-14-24/h8,12,16-21,24H,4-7,9-11,13-15H2,1-3H3,(H2,35,36)(H,37,43)(H,40,41)(H2,38,39,42,44)/b12-8+. The molecule has 0 bridgehead atoms. The molecule has 3 aromatic heterocycles. The molecule has 1 fully saturated rings. The summed E-state index contributed by atoms with van der Waals surface area (Å²) in [4.78, 5) is 29.1. The predicted molar refractivity (Wildman–Crippen MR) is 179 cm³/mol. The molecule has 1 saturated carbocycles. The summed E-state index contributed by atoms with van der Waals surface area (Å²) in [5.74, 6) is 1.61. The number of unbranched alkanes of at least 4 members (excludes halogenated alkanes) is 3. The summed E-state index contributed by atoms with van der Waals surface area (Å²) >= 11 is 0. The third-order valence-corrected chi connectivity index (χ3v) is 8.10. The molecule has 0 unspecified atom stereocenters. The molecule has 3 amide bonds. The summed E-state index contributed by atoms with van der Waals surface area (Å²) in [7, 11) is 0. The average molecular weight is 613 g/mol. The summed E-state index contributed by atoms with van der Waals surface area (Å²) in [5.41, 5.74) is 9.94. The van der Waals surface area contributed by atoms with Gasteiger partial charge in [-0.05, 0) is 44.2 Å². The molecule has 1 aliphatic carbocycles. The number of anilines is 3. The largest absolute Gasteiger partial charge is 0.383 e. The zero-order chi connectivity index (χ0) is 31.8. The fraction of sp³-hybridized carbons (Fsp3) is 0.441. The third-order valence-electron chi connectivity index (χ3n) is 8.10. The van der Waals surface area contributed by atoms with Crippen LogP contribution >= 0.6 is 0 Å². The first kappa shape index (κ1) is 31.7. The van der Waals surface area contributed by atoms with Crippen molar-refractivity contribution in [1.82, 2.24) is 25.7 Å². The lowest BCUT2D eigenvalue weighted by Crippen LogP contribution is -2.35. The Morgan fingerprint density at radius 3 is 2.58 bits per heavy atom. The number of nitrogens with two attached hydrogens (primary N) is 1. The van der Waals surface area contributed by atoms with E-state index in [2.05, 4.69) is 42.4 Å². The lowest BCUT2D eigenvalue weighted by atomic mass is 9.93. The number of nitrogen functional groups attached to an aromatic ring is 1. The Hall–Kier alpha value is -4.67. The van der Waals surface area contributed by atoms with Gasteiger partial charge in [0.1, 0.15) is 17.1 Å². The fourth-order valence-corrected chi connectivity index (χ4v) is 5.56. The summed E-state index contributed by atoms with van der Waals surface area (Å²) < 4.78 is 5.33. The second-order valence-corrected chi connectivity index (χ2v) is 12.8. The van der Waals surface area contributed by atoms with E-state index in [0.717, 1.165) is 66.2 Å². The summed E-state index contributed by atoms with van der Waals surface area (Å²) in [6, 6.07) is 9.05. The minimum Gasteiger partial charge on any atom is -0.383 e. The number of carbonyl (C=O) groups excluding carboxylic acids is 2. The number of allylic oxidation sites excluding steroid dienone is 1. The highest BCUT2D eigenvalue weighted by atomic mass is 16.5. The average Bonchev–Trinajstić information content (AvgIpc) is 3.67. The van der Waals surface area contributed by atoms with E-state index in [0.29, 0.717) is 35.5 Å². The van der Waals surface area contributed by atoms with Gasteiger partial charge in [-0.1, -0.05) is 75.9 Å². The van der Waals surface area contributed by atoms with Crippen LogP contribution in [0.5, 0.6) is 0 Å². The molecular formula is C34H44N8O3. The van der Waals surface area contributed by atoms with Crippen LogP contribution in [0, 0.1) is 0 Å². The van der Waals surface area contributed by atoms with Crippen molar-refractivity contribution in [2.75, 3.05) is 16.4 Å². The Morgan fingerprint density at radius 2 is 1.84 bits per heavy atom. The van der Waals surface area contributed by atoms with Crippen molar-refractivity contribution in [2.24, 2.45) is 0 Å². The monoisotopic (exact) mass is 612 g/mol. The number of carbonyl (C=O) groups is 2. The second kappa shape index (κ2) is 14.4. The van der Waals surface area contributed by atoms with Gasteiger partial charge in [-0.3, -0.25) is 15.2 Å². The summed E-state index contributed by atoms with van der Waals surface area (Å²) in [5, 5.41) is 21.0. The molecular weight excluding hydrogens is 568 g/mol. The number of nitrogens with one attached hydrogen (secondary N) is 4. The Balaban J connectivity index is 1.13. The number of rotatable bonds is 11. The number of aromatic amines is 1. The van der Waals surface area contributed by atoms with E-state index in [1.54, 1.807) is 24.4 Å². The lowest BCUT2D eigenvalue weighted by Gasteiger charge is -2.22. The molecule has 0 radical (unpaired) electrons. The number of amides is 3. The number of H-pyrrole nitrogens is 1. The van der Waals surface area contributed by atoms with Crippen molar-refractivity contribution in [2.45, 2.75) is 96.4 Å². The van der Waals surface area contributed by atoms with Gasteiger partial charge in [0.15, 0.2) is 5.82 Å². The maximum atomic E-state index is 12.5. The maximum absolute atomic E-state index is 12.5. The van der Waals surface area contributed by atoms with E-state index in [-0.39, 0.29) is 11.3 Å². The number of fused-ring (bicyclic) bond motifs is 1. The number of aromatic nitrogens is 4. The van der Waals surface area contributed by atoms with Crippen LogP contribution < -0.4 is 21.7 Å². The Kier molecular flexibility index (Phi) is 10.2. The highest BCUT2D eigenvalue weighted by molar-refractivity contribution is 6.03. The van der Waals surface area contributed by atoms with Gasteiger partial charge >= 0.3 is 6.03 Å². The van der Waals surface area contributed by atoms with E-state index in [9.17, 15) is 9.59 Å². The van der Waals surface area contributed by atoms with Crippen LogP contribution in [-0.4, -0.2) is 38.3 Å². The highest BCUT2D eigenvalue weighted by Crippen LogP contribution is 2.32. The van der Waals surface area contributed by atoms with Gasteiger partial charge in [0.25, 0.3) is 0 Å². The molecule has 45 heavy (non-hydrogen) atoms. The molecule has 5 rings (SSSR count). The second-order valence-electron chi connectivity index (χ2n) is 12.8. The third kappa shape index (κ3) is 8.49. The minimum absolute atomic E-state index is 0.191. The molecule has 238 valence electrons. The number of hydrogen-bond donors (Lipinski definition) is 5. The van der Waals surface area contributed by atoms with Crippen molar-refractivity contribution in [1.29, 1.82) is 0 Å². The van der Waals surface area contributed by atoms with Crippen molar-refractivity contribution in [3.05, 3.63) is 53.9 Å². The van der Waals surface area contributed by atoms with Crippen LogP contribution in [0.25, 0.3) is 28.2 Å². The van der Waals surface area contributed by atoms with Gasteiger partial charge in [0.2, 0.25) is 5.91 Å². The van der Waals surface area contributed by atoms with Crippen molar-refractivity contribution >= 4 is 46.2 Å². The molecule has 1 aliphatic rings. The number of urea groups is 1. The molecule has 11 nitrogen and oxygen atoms in total. The molecule has 6 N–H and O–H groups in total. The zero-order valence-corrected chi connectivity index (χ0v) is 26.4. The molecule has 0 atom stereocenters. The van der Waals surface area contributed by atoms with Crippen LogP contribution in [0.4, 0.5) is 22.1 Å². The molecule has 3 heterocycles. The SMILES string of the molecule is CC(C)(C)c1cc(NC(=O)Nc2ccc(-c3[nH]nc4c(/C=C/CCCCCC(=O)NC5CCCCC5)cnc(N)c34)cc2)no1. The van der Waals surface area contributed by atoms with Crippen molar-refractivity contribution in [3.63, 3.8) is 0 Å². The quantitative estimate of drug-likeness (QED) is 0.109. The van der Waals surface area contributed by atoms with E-state index in [1.807, 2.05) is 39.0 Å². The molecule has 0 spiro atoms. The first-order chi connectivity index (χ1) is 21.7. The topological polar surface area (TPSA) is 164 Å². The first-order valence-electron chi connectivity index (χ1n) is 15.9. The Morgan fingerprint density at radius 1 is 1.07 bits per heavy atom. The number of benzene rings is 1. The minimum atomic E-state index is -0.423. The predicted octanol–water partition coefficient (Wildman–Crippen LogP) is 7.55. The van der Waals surface area contributed by atoms with E-state index in [4.69, 9.17) is 10.3 Å². The fourth-order valence-electron chi connectivity index (χ4n) is 5.56. The molecule has 0 saturated heterocycles. The molecule has 1 aromatic carbocycles. The number of pyridine rings is 1. The lowest BCUT2D eigenvalue weighted by molar-refractivity contribution is -0.122. The van der Waals surface area contributed by atoms with Gasteiger partial charge < -0.3 is 20.9 Å². The Bertz CT molecular complexity index is 1630. The van der Waals surface area contributed by atoms with Crippen LogP contribution in [0.15, 0.2) is 47.1 Å². The van der Waals surface area contributed by atoms with Gasteiger partial charge in [-0.15, -0.1) is 0 Å². The van der Waals surface area contributed by atoms with Gasteiger partial charge in [0, 0.05) is 47.0 Å². The normalized spacial score (nSPS) is 14.2. The van der Waals surface area contributed by atoms with Gasteiger partial charge in [0.05, 0.1) is 11.1 Å². The van der Waals surface area contributed by atoms with Crippen LogP contribution in [-0.2, 0) is 10.2 Å². The zero-order valence-electron chi connectivity index (χ0n) is 26.4. The summed E-state index contributed by atoms with van der Waals surface area (Å²) in [6.07, 6.45) is 16.3. The first-order valence-corrected chi connectivity index (χ1v) is 15.9. The van der Waals surface area contributed by atoms with Gasteiger partial charge in [-0.2, -0.15) is 5.10 Å².